The lowest BCUT2D eigenvalue weighted by Gasteiger charge is -2.30. The van der Waals surface area contributed by atoms with E-state index in [4.69, 9.17) is 0 Å². The molecular formula is C15H18F3NO2. The summed E-state index contributed by atoms with van der Waals surface area (Å²) >= 11 is 0. The van der Waals surface area contributed by atoms with Crippen molar-refractivity contribution in [3.8, 4) is 5.75 Å². The van der Waals surface area contributed by atoms with Gasteiger partial charge in [0.1, 0.15) is 11.5 Å². The monoisotopic (exact) mass is 301 g/mol. The van der Waals surface area contributed by atoms with E-state index < -0.39 is 6.36 Å². The fourth-order valence-corrected chi connectivity index (χ4v) is 2.55. The molecular weight excluding hydrogens is 283 g/mol. The molecule has 0 atom stereocenters. The van der Waals surface area contributed by atoms with E-state index in [1.54, 1.807) is 19.1 Å². The van der Waals surface area contributed by atoms with Gasteiger partial charge in [0, 0.05) is 12.5 Å². The minimum absolute atomic E-state index is 0.156. The van der Waals surface area contributed by atoms with Crippen molar-refractivity contribution in [2.75, 3.05) is 13.1 Å². The minimum Gasteiger partial charge on any atom is -0.406 e. The van der Waals surface area contributed by atoms with E-state index in [1.807, 2.05) is 0 Å². The lowest BCUT2D eigenvalue weighted by molar-refractivity contribution is -0.274. The van der Waals surface area contributed by atoms with Crippen molar-refractivity contribution in [1.82, 2.24) is 4.90 Å². The van der Waals surface area contributed by atoms with E-state index >= 15 is 0 Å². The van der Waals surface area contributed by atoms with Crippen molar-refractivity contribution < 1.29 is 22.7 Å². The van der Waals surface area contributed by atoms with Crippen LogP contribution in [0.4, 0.5) is 13.2 Å². The number of ether oxygens (including phenoxy) is 1. The van der Waals surface area contributed by atoms with E-state index in [0.29, 0.717) is 6.54 Å². The SMILES string of the molecule is CC(=O)C1CCN(Cc2ccc(OC(F)(F)F)cc2)CC1. The normalized spacial score (nSPS) is 17.7. The van der Waals surface area contributed by atoms with Crippen LogP contribution in [0.15, 0.2) is 24.3 Å². The first-order valence-electron chi connectivity index (χ1n) is 6.91. The van der Waals surface area contributed by atoms with Crippen LogP contribution >= 0.6 is 0 Å². The van der Waals surface area contributed by atoms with Gasteiger partial charge in [-0.2, -0.15) is 0 Å². The van der Waals surface area contributed by atoms with Crippen LogP contribution in [0.2, 0.25) is 0 Å². The summed E-state index contributed by atoms with van der Waals surface area (Å²) in [6.07, 6.45) is -2.95. The van der Waals surface area contributed by atoms with Crippen molar-refractivity contribution in [2.24, 2.45) is 5.92 Å². The topological polar surface area (TPSA) is 29.5 Å². The summed E-state index contributed by atoms with van der Waals surface area (Å²) < 4.78 is 40.0. The Morgan fingerprint density at radius 2 is 1.81 bits per heavy atom. The second kappa shape index (κ2) is 6.47. The maximum absolute atomic E-state index is 12.1. The van der Waals surface area contributed by atoms with Gasteiger partial charge in [-0.25, -0.2) is 0 Å². The zero-order valence-corrected chi connectivity index (χ0v) is 11.8. The van der Waals surface area contributed by atoms with Crippen LogP contribution in [-0.4, -0.2) is 30.1 Å². The number of nitrogens with zero attached hydrogens (tertiary/aromatic N) is 1. The van der Waals surface area contributed by atoms with E-state index in [-0.39, 0.29) is 17.5 Å². The Labute approximate surface area is 121 Å². The molecule has 0 aromatic heterocycles. The number of benzene rings is 1. The molecule has 0 amide bonds. The Morgan fingerprint density at radius 1 is 1.24 bits per heavy atom. The third kappa shape index (κ3) is 5.04. The van der Waals surface area contributed by atoms with Gasteiger partial charge < -0.3 is 4.74 Å². The zero-order valence-electron chi connectivity index (χ0n) is 11.8. The van der Waals surface area contributed by atoms with Crippen LogP contribution < -0.4 is 4.74 Å². The number of hydrogen-bond donors (Lipinski definition) is 0. The highest BCUT2D eigenvalue weighted by atomic mass is 19.4. The lowest BCUT2D eigenvalue weighted by Crippen LogP contribution is -2.35. The maximum atomic E-state index is 12.1. The molecule has 0 aliphatic carbocycles. The molecule has 2 rings (SSSR count). The molecule has 1 aromatic carbocycles. The first-order chi connectivity index (χ1) is 9.83. The molecule has 6 heteroatoms. The van der Waals surface area contributed by atoms with Crippen LogP contribution in [0.3, 0.4) is 0 Å². The quantitative estimate of drug-likeness (QED) is 0.854. The van der Waals surface area contributed by atoms with Crippen molar-refractivity contribution in [3.05, 3.63) is 29.8 Å². The van der Waals surface area contributed by atoms with Crippen molar-refractivity contribution in [1.29, 1.82) is 0 Å². The van der Waals surface area contributed by atoms with Crippen LogP contribution in [0, 0.1) is 5.92 Å². The summed E-state index contributed by atoms with van der Waals surface area (Å²) in [6.45, 7) is 3.98. The summed E-state index contributed by atoms with van der Waals surface area (Å²) in [5.74, 6) is 0.189. The van der Waals surface area contributed by atoms with E-state index in [1.165, 1.54) is 12.1 Å². The number of carbonyl (C=O) groups is 1. The average Bonchev–Trinajstić information content (AvgIpc) is 2.40. The highest BCUT2D eigenvalue weighted by Gasteiger charge is 2.31. The molecule has 1 saturated heterocycles. The van der Waals surface area contributed by atoms with Gasteiger partial charge in [0.2, 0.25) is 0 Å². The molecule has 0 bridgehead atoms. The summed E-state index contributed by atoms with van der Waals surface area (Å²) in [5, 5.41) is 0. The summed E-state index contributed by atoms with van der Waals surface area (Å²) in [5.41, 5.74) is 0.936. The van der Waals surface area contributed by atoms with Crippen molar-refractivity contribution >= 4 is 5.78 Å². The molecule has 0 unspecified atom stereocenters. The van der Waals surface area contributed by atoms with E-state index in [2.05, 4.69) is 9.64 Å². The molecule has 21 heavy (non-hydrogen) atoms. The molecule has 0 spiro atoms. The molecule has 3 nitrogen and oxygen atoms in total. The van der Waals surface area contributed by atoms with E-state index in [0.717, 1.165) is 31.5 Å². The number of halogens is 3. The van der Waals surface area contributed by atoms with Crippen LogP contribution in [0.5, 0.6) is 5.75 Å². The maximum Gasteiger partial charge on any atom is 0.573 e. The van der Waals surface area contributed by atoms with Gasteiger partial charge in [-0.15, -0.1) is 13.2 Å². The van der Waals surface area contributed by atoms with Crippen LogP contribution in [-0.2, 0) is 11.3 Å². The molecule has 1 aromatic rings. The number of Topliss-reactive ketones (excluding diaryl/α,β-unsaturated/α-hetero) is 1. The molecule has 0 N–H and O–H groups in total. The third-order valence-corrected chi connectivity index (χ3v) is 3.73. The number of ketones is 1. The molecule has 0 radical (unpaired) electrons. The van der Waals surface area contributed by atoms with E-state index in [9.17, 15) is 18.0 Å². The number of hydrogen-bond acceptors (Lipinski definition) is 3. The van der Waals surface area contributed by atoms with Gasteiger partial charge in [-0.3, -0.25) is 9.69 Å². The first kappa shape index (κ1) is 15.8. The molecule has 116 valence electrons. The predicted octanol–water partition coefficient (Wildman–Crippen LogP) is 3.39. The molecule has 1 aliphatic rings. The fourth-order valence-electron chi connectivity index (χ4n) is 2.55. The minimum atomic E-state index is -4.66. The number of carbonyl (C=O) groups excluding carboxylic acids is 1. The van der Waals surface area contributed by atoms with Crippen LogP contribution in [0.1, 0.15) is 25.3 Å². The number of rotatable bonds is 4. The molecule has 1 heterocycles. The van der Waals surface area contributed by atoms with Gasteiger partial charge in [0.25, 0.3) is 0 Å². The number of likely N-dealkylation sites (tertiary alicyclic amines) is 1. The highest BCUT2D eigenvalue weighted by molar-refractivity contribution is 5.78. The average molecular weight is 301 g/mol. The Hall–Kier alpha value is -1.56. The van der Waals surface area contributed by atoms with Crippen molar-refractivity contribution in [3.63, 3.8) is 0 Å². The lowest BCUT2D eigenvalue weighted by atomic mass is 9.93. The Bertz CT molecular complexity index is 477. The second-order valence-corrected chi connectivity index (χ2v) is 5.35. The van der Waals surface area contributed by atoms with Crippen LogP contribution in [0.25, 0.3) is 0 Å². The first-order valence-corrected chi connectivity index (χ1v) is 6.91. The largest absolute Gasteiger partial charge is 0.573 e. The predicted molar refractivity (Wildman–Crippen MR) is 71.8 cm³/mol. The molecule has 1 fully saturated rings. The summed E-state index contributed by atoms with van der Waals surface area (Å²) in [7, 11) is 0. The Kier molecular flexibility index (Phi) is 4.88. The Balaban J connectivity index is 1.85. The van der Waals surface area contributed by atoms with Gasteiger partial charge in [-0.05, 0) is 50.6 Å². The fraction of sp³-hybridized carbons (Fsp3) is 0.533. The standard InChI is InChI=1S/C15H18F3NO2/c1-11(20)13-6-8-19(9-7-13)10-12-2-4-14(5-3-12)21-15(16,17)18/h2-5,13H,6-10H2,1H3. The van der Waals surface area contributed by atoms with Gasteiger partial charge in [-0.1, -0.05) is 12.1 Å². The van der Waals surface area contributed by atoms with Gasteiger partial charge in [0.15, 0.2) is 0 Å². The molecule has 0 saturated carbocycles. The summed E-state index contributed by atoms with van der Waals surface area (Å²) in [4.78, 5) is 13.5. The zero-order chi connectivity index (χ0) is 15.5. The second-order valence-electron chi connectivity index (χ2n) is 5.35. The van der Waals surface area contributed by atoms with Gasteiger partial charge in [0.05, 0.1) is 0 Å². The van der Waals surface area contributed by atoms with Crippen molar-refractivity contribution in [2.45, 2.75) is 32.7 Å². The Morgan fingerprint density at radius 3 is 2.29 bits per heavy atom. The van der Waals surface area contributed by atoms with Gasteiger partial charge >= 0.3 is 6.36 Å². The smallest absolute Gasteiger partial charge is 0.406 e. The number of alkyl halides is 3. The molecule has 1 aliphatic heterocycles. The summed E-state index contributed by atoms with van der Waals surface area (Å²) in [6, 6.07) is 5.92. The highest BCUT2D eigenvalue weighted by Crippen LogP contribution is 2.24. The third-order valence-electron chi connectivity index (χ3n) is 3.73. The number of piperidine rings is 1.